The van der Waals surface area contributed by atoms with E-state index in [0.717, 1.165) is 12.8 Å². The molecule has 1 aromatic heterocycles. The summed E-state index contributed by atoms with van der Waals surface area (Å²) in [4.78, 5) is 37.9. The molecule has 0 saturated heterocycles. The molecule has 0 aliphatic rings. The van der Waals surface area contributed by atoms with Gasteiger partial charge in [-0.25, -0.2) is 0 Å². The van der Waals surface area contributed by atoms with E-state index in [-0.39, 0.29) is 23.6 Å². The molecule has 3 aromatic rings. The highest BCUT2D eigenvalue weighted by Gasteiger charge is 2.10. The van der Waals surface area contributed by atoms with E-state index in [1.807, 2.05) is 25.3 Å². The van der Waals surface area contributed by atoms with E-state index in [2.05, 4.69) is 22.0 Å². The van der Waals surface area contributed by atoms with Gasteiger partial charge in [-0.3, -0.25) is 14.4 Å². The molecular weight excluding hydrogens is 422 g/mol. The number of hydrogen-bond acceptors (Lipinski definition) is 4. The highest BCUT2D eigenvalue weighted by atomic mass is 32.1. The van der Waals surface area contributed by atoms with Crippen LogP contribution in [0.2, 0.25) is 0 Å². The van der Waals surface area contributed by atoms with Crippen LogP contribution in [0.25, 0.3) is 0 Å². The van der Waals surface area contributed by atoms with Gasteiger partial charge in [-0.15, -0.1) is 11.3 Å². The third kappa shape index (κ3) is 7.06. The van der Waals surface area contributed by atoms with Crippen molar-refractivity contribution in [2.45, 2.75) is 33.1 Å². The van der Waals surface area contributed by atoms with Crippen molar-refractivity contribution in [3.8, 4) is 0 Å². The molecule has 166 valence electrons. The monoisotopic (exact) mass is 449 g/mol. The van der Waals surface area contributed by atoms with Crippen molar-refractivity contribution in [3.05, 3.63) is 76.5 Å². The minimum absolute atomic E-state index is 0.0628. The van der Waals surface area contributed by atoms with Crippen molar-refractivity contribution in [1.29, 1.82) is 0 Å². The molecule has 0 saturated carbocycles. The predicted molar refractivity (Wildman–Crippen MR) is 130 cm³/mol. The topological polar surface area (TPSA) is 87.3 Å². The van der Waals surface area contributed by atoms with Crippen molar-refractivity contribution < 1.29 is 14.4 Å². The average molecular weight is 450 g/mol. The normalized spacial score (nSPS) is 10.6. The van der Waals surface area contributed by atoms with Crippen molar-refractivity contribution in [3.63, 3.8) is 0 Å². The van der Waals surface area contributed by atoms with Crippen LogP contribution in [-0.4, -0.2) is 17.7 Å². The van der Waals surface area contributed by atoms with Gasteiger partial charge >= 0.3 is 0 Å². The summed E-state index contributed by atoms with van der Waals surface area (Å²) >= 11 is 1.69. The number of nitrogens with one attached hydrogen (secondary N) is 3. The number of rotatable bonds is 9. The van der Waals surface area contributed by atoms with Gasteiger partial charge in [0.1, 0.15) is 0 Å². The SMILES string of the molecule is CC(C)C(=O)Nc1ccc(NC(=O)c2cccc(NC(=O)CCCc3cccs3)c2)cc1. The summed E-state index contributed by atoms with van der Waals surface area (Å²) in [6, 6.07) is 17.9. The second-order valence-electron chi connectivity index (χ2n) is 7.74. The maximum absolute atomic E-state index is 12.6. The fraction of sp³-hybridized carbons (Fsp3) is 0.240. The zero-order chi connectivity index (χ0) is 22.9. The van der Waals surface area contributed by atoms with Gasteiger partial charge in [0.15, 0.2) is 0 Å². The van der Waals surface area contributed by atoms with Gasteiger partial charge in [-0.1, -0.05) is 26.0 Å². The first-order chi connectivity index (χ1) is 15.4. The van der Waals surface area contributed by atoms with E-state index in [9.17, 15) is 14.4 Å². The number of benzene rings is 2. The lowest BCUT2D eigenvalue weighted by molar-refractivity contribution is -0.119. The first-order valence-corrected chi connectivity index (χ1v) is 11.4. The van der Waals surface area contributed by atoms with Gasteiger partial charge in [0.25, 0.3) is 5.91 Å². The maximum Gasteiger partial charge on any atom is 0.255 e. The molecule has 0 atom stereocenters. The lowest BCUT2D eigenvalue weighted by atomic mass is 10.1. The molecular formula is C25H27N3O3S. The molecule has 0 spiro atoms. The Labute approximate surface area is 192 Å². The van der Waals surface area contributed by atoms with Crippen LogP contribution in [0.15, 0.2) is 66.0 Å². The molecule has 0 bridgehead atoms. The quantitative estimate of drug-likeness (QED) is 0.400. The van der Waals surface area contributed by atoms with Gasteiger partial charge in [0, 0.05) is 39.8 Å². The third-order valence-corrected chi connectivity index (χ3v) is 5.69. The molecule has 6 nitrogen and oxygen atoms in total. The first kappa shape index (κ1) is 23.2. The zero-order valence-corrected chi connectivity index (χ0v) is 19.0. The zero-order valence-electron chi connectivity index (χ0n) is 18.2. The van der Waals surface area contributed by atoms with Crippen LogP contribution < -0.4 is 16.0 Å². The Hall–Kier alpha value is -3.45. The van der Waals surface area contributed by atoms with Crippen LogP contribution in [0.1, 0.15) is 41.9 Å². The predicted octanol–water partition coefficient (Wildman–Crippen LogP) is 5.56. The minimum atomic E-state index is -0.280. The van der Waals surface area contributed by atoms with Crippen molar-refractivity contribution >= 4 is 46.1 Å². The molecule has 3 amide bonds. The second-order valence-corrected chi connectivity index (χ2v) is 8.77. The van der Waals surface area contributed by atoms with Crippen LogP contribution >= 0.6 is 11.3 Å². The van der Waals surface area contributed by atoms with E-state index in [4.69, 9.17) is 0 Å². The fourth-order valence-corrected chi connectivity index (χ4v) is 3.72. The molecule has 7 heteroatoms. The highest BCUT2D eigenvalue weighted by Crippen LogP contribution is 2.18. The molecule has 0 aliphatic carbocycles. The van der Waals surface area contributed by atoms with Crippen LogP contribution in [-0.2, 0) is 16.0 Å². The standard InChI is InChI=1S/C25H27N3O3S/c1-17(2)24(30)27-19-11-13-20(14-12-19)28-25(31)18-6-3-7-21(16-18)26-23(29)10-4-8-22-9-5-15-32-22/h3,5-7,9,11-17H,4,8,10H2,1-2H3,(H,26,29)(H,27,30)(H,28,31). The number of aryl methyl sites for hydroxylation is 1. The average Bonchev–Trinajstić information content (AvgIpc) is 3.28. The molecule has 3 N–H and O–H groups in total. The van der Waals surface area contributed by atoms with Crippen LogP contribution in [0, 0.1) is 5.92 Å². The molecule has 0 fully saturated rings. The first-order valence-electron chi connectivity index (χ1n) is 10.6. The number of hydrogen-bond donors (Lipinski definition) is 3. The minimum Gasteiger partial charge on any atom is -0.326 e. The Balaban J connectivity index is 1.52. The molecule has 32 heavy (non-hydrogen) atoms. The largest absolute Gasteiger partial charge is 0.326 e. The number of anilines is 3. The molecule has 0 unspecified atom stereocenters. The Bertz CT molecular complexity index is 1060. The Morgan fingerprint density at radius 3 is 2.22 bits per heavy atom. The van der Waals surface area contributed by atoms with E-state index < -0.39 is 0 Å². The van der Waals surface area contributed by atoms with Crippen molar-refractivity contribution in [2.24, 2.45) is 5.92 Å². The summed E-state index contributed by atoms with van der Waals surface area (Å²) < 4.78 is 0. The van der Waals surface area contributed by atoms with Crippen LogP contribution in [0.3, 0.4) is 0 Å². The Kier molecular flexibility index (Phi) is 8.16. The van der Waals surface area contributed by atoms with Gasteiger partial charge < -0.3 is 16.0 Å². The summed E-state index contributed by atoms with van der Waals surface area (Å²) in [6.07, 6.45) is 2.08. The van der Waals surface area contributed by atoms with Crippen molar-refractivity contribution in [2.75, 3.05) is 16.0 Å². The summed E-state index contributed by atoms with van der Waals surface area (Å²) in [7, 11) is 0. The molecule has 0 aliphatic heterocycles. The highest BCUT2D eigenvalue weighted by molar-refractivity contribution is 7.09. The smallest absolute Gasteiger partial charge is 0.255 e. The summed E-state index contributed by atoms with van der Waals surface area (Å²) in [5.74, 6) is -0.522. The Morgan fingerprint density at radius 1 is 0.844 bits per heavy atom. The van der Waals surface area contributed by atoms with Crippen molar-refractivity contribution in [1.82, 2.24) is 0 Å². The van der Waals surface area contributed by atoms with E-state index in [1.165, 1.54) is 4.88 Å². The lowest BCUT2D eigenvalue weighted by Gasteiger charge is -2.10. The van der Waals surface area contributed by atoms with Gasteiger partial charge in [0.2, 0.25) is 11.8 Å². The van der Waals surface area contributed by atoms with Gasteiger partial charge in [0.05, 0.1) is 0 Å². The lowest BCUT2D eigenvalue weighted by Crippen LogP contribution is -2.17. The number of carbonyl (C=O) groups is 3. The van der Waals surface area contributed by atoms with Crippen LogP contribution in [0.5, 0.6) is 0 Å². The maximum atomic E-state index is 12.6. The van der Waals surface area contributed by atoms with E-state index in [0.29, 0.717) is 29.0 Å². The third-order valence-electron chi connectivity index (χ3n) is 4.75. The van der Waals surface area contributed by atoms with Gasteiger partial charge in [-0.2, -0.15) is 0 Å². The summed E-state index contributed by atoms with van der Waals surface area (Å²) in [6.45, 7) is 3.65. The second kappa shape index (κ2) is 11.2. The number of carbonyl (C=O) groups excluding carboxylic acids is 3. The van der Waals surface area contributed by atoms with E-state index in [1.54, 1.807) is 59.9 Å². The van der Waals surface area contributed by atoms with E-state index >= 15 is 0 Å². The van der Waals surface area contributed by atoms with Crippen LogP contribution in [0.4, 0.5) is 17.1 Å². The Morgan fingerprint density at radius 2 is 1.56 bits per heavy atom. The molecule has 2 aromatic carbocycles. The molecule has 3 rings (SSSR count). The fourth-order valence-electron chi connectivity index (χ4n) is 2.97. The van der Waals surface area contributed by atoms with Gasteiger partial charge in [-0.05, 0) is 66.8 Å². The summed E-state index contributed by atoms with van der Waals surface area (Å²) in [5, 5.41) is 10.5. The molecule has 0 radical (unpaired) electrons. The summed E-state index contributed by atoms with van der Waals surface area (Å²) in [5.41, 5.74) is 2.31. The molecule has 1 heterocycles. The number of thiophene rings is 1. The number of amides is 3.